The van der Waals surface area contributed by atoms with E-state index in [1.165, 1.54) is 11.3 Å². The third-order valence-electron chi connectivity index (χ3n) is 4.12. The summed E-state index contributed by atoms with van der Waals surface area (Å²) in [7, 11) is 0. The molecular weight excluding hydrogens is 435 g/mol. The average molecular weight is 448 g/mol. The minimum Gasteiger partial charge on any atom is -0.324 e. The lowest BCUT2D eigenvalue weighted by atomic mass is 10.1. The molecule has 0 bridgehead atoms. The highest BCUT2D eigenvalue weighted by atomic mass is 35.5. The molecule has 0 saturated carbocycles. The van der Waals surface area contributed by atoms with Gasteiger partial charge in [0.05, 0.1) is 27.3 Å². The molecule has 7 heteroatoms. The van der Waals surface area contributed by atoms with Gasteiger partial charge in [-0.05, 0) is 42.0 Å². The van der Waals surface area contributed by atoms with Gasteiger partial charge in [0, 0.05) is 15.6 Å². The van der Waals surface area contributed by atoms with Crippen molar-refractivity contribution in [2.45, 2.75) is 6.42 Å². The van der Waals surface area contributed by atoms with Gasteiger partial charge in [-0.15, -0.1) is 11.3 Å². The number of hydrogen-bond donors (Lipinski definition) is 1. The van der Waals surface area contributed by atoms with E-state index in [-0.39, 0.29) is 12.3 Å². The van der Waals surface area contributed by atoms with Crippen molar-refractivity contribution in [1.82, 2.24) is 4.98 Å². The molecule has 0 fully saturated rings. The van der Waals surface area contributed by atoms with E-state index in [1.807, 2.05) is 36.4 Å². The molecule has 0 atom stereocenters. The Kier molecular flexibility index (Phi) is 5.56. The fourth-order valence-electron chi connectivity index (χ4n) is 2.83. The number of para-hydroxylation sites is 1. The molecule has 1 heterocycles. The summed E-state index contributed by atoms with van der Waals surface area (Å²) in [6, 6.07) is 18.4. The summed E-state index contributed by atoms with van der Waals surface area (Å²) in [6.45, 7) is 0. The molecule has 4 aromatic rings. The minimum absolute atomic E-state index is 0.186. The van der Waals surface area contributed by atoms with Crippen LogP contribution in [0.1, 0.15) is 5.56 Å². The number of thiazole rings is 1. The van der Waals surface area contributed by atoms with Gasteiger partial charge < -0.3 is 5.32 Å². The summed E-state index contributed by atoms with van der Waals surface area (Å²) in [4.78, 5) is 17.3. The number of amides is 1. The summed E-state index contributed by atoms with van der Waals surface area (Å²) >= 11 is 20.1. The number of fused-ring (bicyclic) bond motifs is 1. The quantitative estimate of drug-likeness (QED) is 0.362. The van der Waals surface area contributed by atoms with Crippen LogP contribution in [0.4, 0.5) is 5.69 Å². The first-order chi connectivity index (χ1) is 13.5. The van der Waals surface area contributed by atoms with E-state index in [1.54, 1.807) is 24.3 Å². The van der Waals surface area contributed by atoms with Gasteiger partial charge in [0.25, 0.3) is 0 Å². The molecule has 0 aliphatic rings. The van der Waals surface area contributed by atoms with Crippen molar-refractivity contribution in [3.05, 3.63) is 81.3 Å². The maximum atomic E-state index is 12.6. The number of aromatic nitrogens is 1. The van der Waals surface area contributed by atoms with Gasteiger partial charge in [0.1, 0.15) is 5.01 Å². The van der Waals surface area contributed by atoms with Gasteiger partial charge in [0.15, 0.2) is 0 Å². The van der Waals surface area contributed by atoms with Crippen LogP contribution in [0.3, 0.4) is 0 Å². The molecule has 3 aromatic carbocycles. The molecule has 4 rings (SSSR count). The third kappa shape index (κ3) is 4.15. The molecule has 1 amide bonds. The normalized spacial score (nSPS) is 11.0. The maximum Gasteiger partial charge on any atom is 0.228 e. The highest BCUT2D eigenvalue weighted by Crippen LogP contribution is 2.40. The van der Waals surface area contributed by atoms with E-state index in [0.717, 1.165) is 20.8 Å². The van der Waals surface area contributed by atoms with Crippen LogP contribution >= 0.6 is 46.1 Å². The van der Waals surface area contributed by atoms with Crippen LogP contribution in [0.25, 0.3) is 20.8 Å². The molecule has 0 unspecified atom stereocenters. The van der Waals surface area contributed by atoms with Crippen LogP contribution in [0.2, 0.25) is 15.1 Å². The van der Waals surface area contributed by atoms with Crippen LogP contribution in [-0.4, -0.2) is 10.9 Å². The average Bonchev–Trinajstić information content (AvgIpc) is 3.09. The second kappa shape index (κ2) is 8.10. The molecule has 0 spiro atoms. The smallest absolute Gasteiger partial charge is 0.228 e. The number of nitrogens with one attached hydrogen (secondary N) is 1. The lowest BCUT2D eigenvalue weighted by Crippen LogP contribution is -2.15. The van der Waals surface area contributed by atoms with Crippen molar-refractivity contribution < 1.29 is 4.79 Å². The molecule has 0 aliphatic heterocycles. The Balaban J connectivity index is 1.68. The van der Waals surface area contributed by atoms with Crippen molar-refractivity contribution in [3.8, 4) is 10.6 Å². The van der Waals surface area contributed by atoms with Gasteiger partial charge in [-0.3, -0.25) is 4.79 Å². The van der Waals surface area contributed by atoms with E-state index in [9.17, 15) is 4.79 Å². The maximum absolute atomic E-state index is 12.6. The number of halogens is 3. The van der Waals surface area contributed by atoms with Gasteiger partial charge in [-0.2, -0.15) is 0 Å². The van der Waals surface area contributed by atoms with Crippen molar-refractivity contribution in [2.24, 2.45) is 0 Å². The number of benzene rings is 3. The summed E-state index contributed by atoms with van der Waals surface area (Å²) in [5.41, 5.74) is 2.94. The number of carbonyl (C=O) groups excluding carboxylic acids is 1. The van der Waals surface area contributed by atoms with E-state index < -0.39 is 0 Å². The number of nitrogens with zero attached hydrogens (tertiary/aromatic N) is 1. The molecule has 0 saturated heterocycles. The lowest BCUT2D eigenvalue weighted by Gasteiger charge is -2.12. The highest BCUT2D eigenvalue weighted by Gasteiger charge is 2.17. The zero-order valence-electron chi connectivity index (χ0n) is 14.4. The fraction of sp³-hybridized carbons (Fsp3) is 0.0476. The molecule has 1 N–H and O–H groups in total. The summed E-state index contributed by atoms with van der Waals surface area (Å²) < 4.78 is 1.05. The first kappa shape index (κ1) is 19.2. The molecule has 0 aliphatic carbocycles. The number of rotatable bonds is 4. The summed E-state index contributed by atoms with van der Waals surface area (Å²) in [5.74, 6) is -0.186. The Morgan fingerprint density at radius 1 is 0.964 bits per heavy atom. The Labute approximate surface area is 180 Å². The molecule has 28 heavy (non-hydrogen) atoms. The van der Waals surface area contributed by atoms with Crippen LogP contribution in [-0.2, 0) is 11.2 Å². The van der Waals surface area contributed by atoms with Gasteiger partial charge in [-0.1, -0.05) is 59.1 Å². The lowest BCUT2D eigenvalue weighted by molar-refractivity contribution is -0.115. The zero-order chi connectivity index (χ0) is 19.7. The number of carbonyl (C=O) groups is 1. The zero-order valence-corrected chi connectivity index (χ0v) is 17.5. The predicted octanol–water partition coefficient (Wildman–Crippen LogP) is 7.10. The van der Waals surface area contributed by atoms with Crippen molar-refractivity contribution in [1.29, 1.82) is 0 Å². The first-order valence-electron chi connectivity index (χ1n) is 8.39. The fourth-order valence-corrected chi connectivity index (χ4v) is 4.48. The van der Waals surface area contributed by atoms with Gasteiger partial charge in [0.2, 0.25) is 5.91 Å². The van der Waals surface area contributed by atoms with Gasteiger partial charge >= 0.3 is 0 Å². The second-order valence-corrected chi connectivity index (χ2v) is 8.46. The largest absolute Gasteiger partial charge is 0.324 e. The van der Waals surface area contributed by atoms with E-state index in [4.69, 9.17) is 34.8 Å². The topological polar surface area (TPSA) is 42.0 Å². The SMILES string of the molecule is O=C(Cc1ccc(Cl)cc1)Nc1c(Cl)cc(Cl)cc1-c1nc2ccccc2s1. The monoisotopic (exact) mass is 446 g/mol. The molecule has 140 valence electrons. The van der Waals surface area contributed by atoms with Crippen LogP contribution in [0.15, 0.2) is 60.7 Å². The third-order valence-corrected chi connectivity index (χ3v) is 5.96. The Hall–Kier alpha value is -2.11. The molecule has 3 nitrogen and oxygen atoms in total. The van der Waals surface area contributed by atoms with Gasteiger partial charge in [-0.25, -0.2) is 4.98 Å². The second-order valence-electron chi connectivity index (χ2n) is 6.15. The van der Waals surface area contributed by atoms with E-state index in [0.29, 0.717) is 26.3 Å². The number of anilines is 1. The summed E-state index contributed by atoms with van der Waals surface area (Å²) in [6.07, 6.45) is 0.204. The van der Waals surface area contributed by atoms with Crippen molar-refractivity contribution in [2.75, 3.05) is 5.32 Å². The van der Waals surface area contributed by atoms with Crippen LogP contribution < -0.4 is 5.32 Å². The first-order valence-corrected chi connectivity index (χ1v) is 10.3. The Morgan fingerprint density at radius 2 is 1.71 bits per heavy atom. The molecule has 0 radical (unpaired) electrons. The van der Waals surface area contributed by atoms with Crippen molar-refractivity contribution >= 4 is 68.0 Å². The standard InChI is InChI=1S/C21H13Cl3N2OS/c22-13-7-5-12(6-8-13)9-19(27)26-20-15(10-14(23)11-16(20)24)21-25-17-3-1-2-4-18(17)28-21/h1-8,10-11H,9H2,(H,26,27). The van der Waals surface area contributed by atoms with Crippen molar-refractivity contribution in [3.63, 3.8) is 0 Å². The highest BCUT2D eigenvalue weighted by molar-refractivity contribution is 7.21. The minimum atomic E-state index is -0.186. The van der Waals surface area contributed by atoms with E-state index in [2.05, 4.69) is 10.3 Å². The summed E-state index contributed by atoms with van der Waals surface area (Å²) in [5, 5.41) is 5.14. The Morgan fingerprint density at radius 3 is 2.46 bits per heavy atom. The molecular formula is C21H13Cl3N2OS. The number of hydrogen-bond acceptors (Lipinski definition) is 3. The molecule has 1 aromatic heterocycles. The van der Waals surface area contributed by atoms with E-state index >= 15 is 0 Å². The van der Waals surface area contributed by atoms with Crippen LogP contribution in [0, 0.1) is 0 Å². The van der Waals surface area contributed by atoms with Crippen LogP contribution in [0.5, 0.6) is 0 Å². The predicted molar refractivity (Wildman–Crippen MR) is 119 cm³/mol. The Bertz CT molecular complexity index is 1140.